The van der Waals surface area contributed by atoms with Gasteiger partial charge in [-0.25, -0.2) is 4.98 Å². The molecule has 2 aromatic heterocycles. The molecule has 1 aliphatic heterocycles. The van der Waals surface area contributed by atoms with Crippen molar-refractivity contribution in [2.75, 3.05) is 13.1 Å². The summed E-state index contributed by atoms with van der Waals surface area (Å²) >= 11 is 0. The maximum absolute atomic E-state index is 14.0. The molecule has 0 unspecified atom stereocenters. The standard InChI is InChI=1S/C41H52N6O5/c1-27(2)37(45-38(49)33-19-18-29-15-9-10-17-32(29)43-33)40(51)44-34(23-28-13-7-6-8-14-28)36(48)25-47-22-20-31(52-26-30-16-11-12-21-42-30)24-35(47)39(50)46-41(3,4)5/h6-19,21,27,31,34-37,48H,20,22-26H2,1-5H3,(H,44,51)(H,45,49)(H,46,50)/t31-,34+,35+,36-,37+/m1/s1. The molecule has 3 amide bonds. The monoisotopic (exact) mass is 708 g/mol. The predicted octanol–water partition coefficient (Wildman–Crippen LogP) is 4.44. The Morgan fingerprint density at radius 2 is 1.67 bits per heavy atom. The Labute approximate surface area is 306 Å². The number of benzene rings is 2. The lowest BCUT2D eigenvalue weighted by Gasteiger charge is -2.41. The Kier molecular flexibility index (Phi) is 13.1. The van der Waals surface area contributed by atoms with Crippen molar-refractivity contribution in [1.29, 1.82) is 0 Å². The summed E-state index contributed by atoms with van der Waals surface area (Å²) in [5.41, 5.74) is 2.20. The van der Waals surface area contributed by atoms with E-state index in [0.717, 1.165) is 16.6 Å². The quantitative estimate of drug-likeness (QED) is 0.151. The van der Waals surface area contributed by atoms with Crippen molar-refractivity contribution in [3.63, 3.8) is 0 Å². The Balaban J connectivity index is 1.31. The van der Waals surface area contributed by atoms with Gasteiger partial charge in [-0.3, -0.25) is 24.3 Å². The van der Waals surface area contributed by atoms with Crippen LogP contribution in [0.2, 0.25) is 0 Å². The molecule has 4 N–H and O–H groups in total. The molecule has 276 valence electrons. The Morgan fingerprint density at radius 3 is 2.38 bits per heavy atom. The average molecular weight is 709 g/mol. The minimum Gasteiger partial charge on any atom is -0.390 e. The number of aliphatic hydroxyl groups excluding tert-OH is 1. The van der Waals surface area contributed by atoms with E-state index in [1.807, 2.05) is 118 Å². The lowest BCUT2D eigenvalue weighted by atomic mass is 9.94. The van der Waals surface area contributed by atoms with Crippen molar-refractivity contribution in [1.82, 2.24) is 30.8 Å². The molecular formula is C41H52N6O5. The smallest absolute Gasteiger partial charge is 0.270 e. The number of ether oxygens (including phenoxy) is 1. The SMILES string of the molecule is CC(C)[C@H](NC(=O)c1ccc2ccccc2n1)C(=O)N[C@@H](Cc1ccccc1)[C@H](O)CN1CC[C@@H](OCc2ccccn2)C[C@H]1C(=O)NC(C)(C)C. The first kappa shape index (κ1) is 38.5. The number of likely N-dealkylation sites (tertiary alicyclic amines) is 1. The number of β-amino-alcohol motifs (C(OH)–C–C–N with tert-alkyl or cyclic N) is 1. The van der Waals surface area contributed by atoms with Gasteiger partial charge in [0.15, 0.2) is 0 Å². The highest BCUT2D eigenvalue weighted by Crippen LogP contribution is 2.24. The minimum atomic E-state index is -1.04. The summed E-state index contributed by atoms with van der Waals surface area (Å²) in [7, 11) is 0. The molecule has 1 aliphatic rings. The molecule has 0 spiro atoms. The van der Waals surface area contributed by atoms with Crippen LogP contribution in [-0.2, 0) is 27.4 Å². The molecule has 2 aromatic carbocycles. The summed E-state index contributed by atoms with van der Waals surface area (Å²) in [6, 6.07) is 24.2. The van der Waals surface area contributed by atoms with E-state index in [-0.39, 0.29) is 30.2 Å². The molecule has 4 aromatic rings. The van der Waals surface area contributed by atoms with Gasteiger partial charge in [0.1, 0.15) is 11.7 Å². The van der Waals surface area contributed by atoms with E-state index in [1.54, 1.807) is 12.3 Å². The topological polar surface area (TPSA) is 146 Å². The zero-order valence-electron chi connectivity index (χ0n) is 30.8. The number of hydrogen-bond acceptors (Lipinski definition) is 8. The number of carbonyl (C=O) groups excluding carboxylic acids is 3. The molecular weight excluding hydrogens is 656 g/mol. The van der Waals surface area contributed by atoms with E-state index >= 15 is 0 Å². The summed E-state index contributed by atoms with van der Waals surface area (Å²) in [4.78, 5) is 51.9. The van der Waals surface area contributed by atoms with Crippen molar-refractivity contribution < 1.29 is 24.2 Å². The third-order valence-corrected chi connectivity index (χ3v) is 9.24. The lowest BCUT2D eigenvalue weighted by Crippen LogP contribution is -2.60. The van der Waals surface area contributed by atoms with E-state index in [4.69, 9.17) is 4.74 Å². The first-order valence-corrected chi connectivity index (χ1v) is 18.1. The molecule has 52 heavy (non-hydrogen) atoms. The number of nitrogens with one attached hydrogen (secondary N) is 3. The maximum Gasteiger partial charge on any atom is 0.270 e. The first-order chi connectivity index (χ1) is 24.9. The van der Waals surface area contributed by atoms with Crippen LogP contribution in [0.4, 0.5) is 0 Å². The fourth-order valence-electron chi connectivity index (χ4n) is 6.50. The van der Waals surface area contributed by atoms with Gasteiger partial charge in [-0.05, 0) is 75.8 Å². The van der Waals surface area contributed by atoms with E-state index in [9.17, 15) is 19.5 Å². The predicted molar refractivity (Wildman–Crippen MR) is 201 cm³/mol. The number of amides is 3. The molecule has 1 fully saturated rings. The van der Waals surface area contributed by atoms with E-state index in [2.05, 4.69) is 25.9 Å². The van der Waals surface area contributed by atoms with Gasteiger partial charge >= 0.3 is 0 Å². The zero-order valence-corrected chi connectivity index (χ0v) is 30.8. The van der Waals surface area contributed by atoms with Crippen molar-refractivity contribution >= 4 is 28.6 Å². The van der Waals surface area contributed by atoms with E-state index in [1.165, 1.54) is 0 Å². The van der Waals surface area contributed by atoms with Gasteiger partial charge in [0, 0.05) is 30.2 Å². The highest BCUT2D eigenvalue weighted by Gasteiger charge is 2.38. The van der Waals surface area contributed by atoms with Crippen LogP contribution in [0.3, 0.4) is 0 Å². The van der Waals surface area contributed by atoms with Gasteiger partial charge in [0.05, 0.1) is 42.1 Å². The molecule has 11 heteroatoms. The molecule has 0 aliphatic carbocycles. The summed E-state index contributed by atoms with van der Waals surface area (Å²) < 4.78 is 6.22. The number of piperidine rings is 1. The highest BCUT2D eigenvalue weighted by atomic mass is 16.5. The Hall–Kier alpha value is -4.71. The third kappa shape index (κ3) is 10.9. The van der Waals surface area contributed by atoms with Gasteiger partial charge < -0.3 is 25.8 Å². The van der Waals surface area contributed by atoms with Gasteiger partial charge in [-0.15, -0.1) is 0 Å². The molecule has 3 heterocycles. The van der Waals surface area contributed by atoms with Crippen LogP contribution >= 0.6 is 0 Å². The second-order valence-electron chi connectivity index (χ2n) is 15.0. The highest BCUT2D eigenvalue weighted by molar-refractivity contribution is 5.98. The van der Waals surface area contributed by atoms with Crippen molar-refractivity contribution in [2.45, 2.75) is 96.4 Å². The number of pyridine rings is 2. The summed E-state index contributed by atoms with van der Waals surface area (Å²) in [5, 5.41) is 21.9. The van der Waals surface area contributed by atoms with Crippen LogP contribution in [0.15, 0.2) is 91.1 Å². The Morgan fingerprint density at radius 1 is 0.942 bits per heavy atom. The van der Waals surface area contributed by atoms with Crippen LogP contribution in [0.5, 0.6) is 0 Å². The largest absolute Gasteiger partial charge is 0.390 e. The fraction of sp³-hybridized carbons (Fsp3) is 0.439. The molecule has 5 atom stereocenters. The number of aliphatic hydroxyl groups is 1. The molecule has 11 nitrogen and oxygen atoms in total. The number of nitrogens with zero attached hydrogens (tertiary/aromatic N) is 3. The summed E-state index contributed by atoms with van der Waals surface area (Å²) in [5.74, 6) is -1.26. The summed E-state index contributed by atoms with van der Waals surface area (Å²) in [6.45, 7) is 10.5. The number of para-hydroxylation sites is 1. The molecule has 0 bridgehead atoms. The fourth-order valence-corrected chi connectivity index (χ4v) is 6.50. The molecule has 5 rings (SSSR count). The molecule has 0 radical (unpaired) electrons. The summed E-state index contributed by atoms with van der Waals surface area (Å²) in [6.07, 6.45) is 1.98. The van der Waals surface area contributed by atoms with Gasteiger partial charge in [0.25, 0.3) is 5.91 Å². The van der Waals surface area contributed by atoms with Gasteiger partial charge in [-0.1, -0.05) is 74.5 Å². The number of fused-ring (bicyclic) bond motifs is 1. The molecule has 0 saturated carbocycles. The Bertz CT molecular complexity index is 1780. The second kappa shape index (κ2) is 17.7. The van der Waals surface area contributed by atoms with Crippen LogP contribution in [0.25, 0.3) is 10.9 Å². The van der Waals surface area contributed by atoms with Crippen LogP contribution in [0, 0.1) is 5.92 Å². The van der Waals surface area contributed by atoms with Crippen LogP contribution in [-0.4, -0.2) is 86.7 Å². The minimum absolute atomic E-state index is 0.139. The van der Waals surface area contributed by atoms with Crippen LogP contribution < -0.4 is 16.0 Å². The second-order valence-corrected chi connectivity index (χ2v) is 15.0. The number of aromatic nitrogens is 2. The number of rotatable bonds is 14. The lowest BCUT2D eigenvalue weighted by molar-refractivity contribution is -0.134. The van der Waals surface area contributed by atoms with Crippen molar-refractivity contribution in [3.8, 4) is 0 Å². The van der Waals surface area contributed by atoms with Gasteiger partial charge in [-0.2, -0.15) is 0 Å². The normalized spacial score (nSPS) is 18.4. The zero-order chi connectivity index (χ0) is 37.3. The number of hydrogen-bond donors (Lipinski definition) is 4. The maximum atomic E-state index is 14.0. The first-order valence-electron chi connectivity index (χ1n) is 18.1. The van der Waals surface area contributed by atoms with Crippen molar-refractivity contribution in [3.05, 3.63) is 108 Å². The van der Waals surface area contributed by atoms with E-state index in [0.29, 0.717) is 37.9 Å². The average Bonchev–Trinajstić information content (AvgIpc) is 3.12. The number of carbonyl (C=O) groups is 3. The third-order valence-electron chi connectivity index (χ3n) is 9.24. The van der Waals surface area contributed by atoms with Crippen molar-refractivity contribution in [2.24, 2.45) is 5.92 Å². The van der Waals surface area contributed by atoms with Crippen LogP contribution in [0.1, 0.15) is 69.2 Å². The van der Waals surface area contributed by atoms with Gasteiger partial charge in [0.2, 0.25) is 11.8 Å². The van der Waals surface area contributed by atoms with E-state index < -0.39 is 41.6 Å². The molecule has 1 saturated heterocycles.